The molecule has 10 heteroatoms. The number of rotatable bonds is 6. The second kappa shape index (κ2) is 8.27. The number of nitrogens with zero attached hydrogens (tertiary/aromatic N) is 3. The Balaban J connectivity index is 1.68. The zero-order chi connectivity index (χ0) is 20.3. The predicted octanol–water partition coefficient (Wildman–Crippen LogP) is 1.41. The van der Waals surface area contributed by atoms with Crippen molar-refractivity contribution < 1.29 is 22.5 Å². The van der Waals surface area contributed by atoms with Crippen LogP contribution in [0.15, 0.2) is 27.7 Å². The van der Waals surface area contributed by atoms with Gasteiger partial charge in [-0.3, -0.25) is 4.79 Å². The van der Waals surface area contributed by atoms with Crippen LogP contribution in [0.5, 0.6) is 5.88 Å². The summed E-state index contributed by atoms with van der Waals surface area (Å²) < 4.78 is 37.5. The average molecular weight is 408 g/mol. The van der Waals surface area contributed by atoms with Gasteiger partial charge in [0.15, 0.2) is 5.76 Å². The molecule has 1 aliphatic rings. The molecule has 0 aromatic carbocycles. The van der Waals surface area contributed by atoms with Gasteiger partial charge in [0, 0.05) is 31.4 Å². The number of aromatic nitrogens is 2. The number of methoxy groups -OCH3 is 1. The molecule has 0 bridgehead atoms. The van der Waals surface area contributed by atoms with Gasteiger partial charge in [0.1, 0.15) is 10.6 Å². The van der Waals surface area contributed by atoms with E-state index in [1.165, 1.54) is 11.4 Å². The number of nitrogens with one attached hydrogen (secondary N) is 1. The quantitative estimate of drug-likeness (QED) is 0.768. The van der Waals surface area contributed by atoms with Gasteiger partial charge in [-0.2, -0.15) is 4.31 Å². The maximum Gasteiger partial charge on any atom is 0.248 e. The minimum Gasteiger partial charge on any atom is -0.481 e. The molecule has 2 aromatic rings. The fourth-order valence-corrected chi connectivity index (χ4v) is 5.23. The molecule has 0 spiro atoms. The van der Waals surface area contributed by atoms with Crippen molar-refractivity contribution in [2.45, 2.75) is 38.1 Å². The molecule has 1 atom stereocenters. The molecular formula is C18H24N4O5S. The second-order valence-corrected chi connectivity index (χ2v) is 8.62. The average Bonchev–Trinajstić information content (AvgIpc) is 3.05. The number of carbonyl (C=O) groups is 1. The van der Waals surface area contributed by atoms with Crippen molar-refractivity contribution >= 4 is 15.9 Å². The summed E-state index contributed by atoms with van der Waals surface area (Å²) in [4.78, 5) is 16.8. The van der Waals surface area contributed by atoms with Gasteiger partial charge in [-0.15, -0.1) is 0 Å². The first-order chi connectivity index (χ1) is 13.3. The number of aryl methyl sites for hydroxylation is 2. The van der Waals surface area contributed by atoms with E-state index in [0.29, 0.717) is 31.0 Å². The molecule has 2 aromatic heterocycles. The number of hydrogen-bond donors (Lipinski definition) is 1. The van der Waals surface area contributed by atoms with Crippen LogP contribution in [0.25, 0.3) is 0 Å². The monoisotopic (exact) mass is 408 g/mol. The summed E-state index contributed by atoms with van der Waals surface area (Å²) in [7, 11) is -2.24. The summed E-state index contributed by atoms with van der Waals surface area (Å²) in [6, 6.07) is 3.59. The van der Waals surface area contributed by atoms with Crippen LogP contribution < -0.4 is 10.1 Å². The van der Waals surface area contributed by atoms with Crippen LogP contribution in [0.3, 0.4) is 0 Å². The lowest BCUT2D eigenvalue weighted by atomic mass is 9.99. The Morgan fingerprint density at radius 2 is 2.21 bits per heavy atom. The van der Waals surface area contributed by atoms with Crippen molar-refractivity contribution in [3.05, 3.63) is 35.3 Å². The van der Waals surface area contributed by atoms with Crippen molar-refractivity contribution in [3.63, 3.8) is 0 Å². The number of piperidine rings is 1. The van der Waals surface area contributed by atoms with Gasteiger partial charge in [-0.1, -0.05) is 11.2 Å². The highest BCUT2D eigenvalue weighted by Crippen LogP contribution is 2.27. The molecule has 1 unspecified atom stereocenters. The lowest BCUT2D eigenvalue weighted by Gasteiger charge is -2.31. The van der Waals surface area contributed by atoms with E-state index in [4.69, 9.17) is 9.26 Å². The standard InChI is InChI=1S/C18H24N4O5S/c1-12-16(13(2)27-21-12)28(24,25)22-9-5-7-15(11-22)17(23)20-10-14-6-4-8-19-18(14)26-3/h4,6,8,15H,5,7,9-11H2,1-3H3,(H,20,23). The molecule has 3 heterocycles. The Morgan fingerprint density at radius 3 is 2.89 bits per heavy atom. The summed E-state index contributed by atoms with van der Waals surface area (Å²) in [5.74, 6) is 0.0954. The van der Waals surface area contributed by atoms with Crippen molar-refractivity contribution in [3.8, 4) is 5.88 Å². The molecule has 0 aliphatic carbocycles. The number of carbonyl (C=O) groups excluding carboxylic acids is 1. The van der Waals surface area contributed by atoms with Gasteiger partial charge in [-0.25, -0.2) is 13.4 Å². The first kappa shape index (κ1) is 20.3. The fraction of sp³-hybridized carbons (Fsp3) is 0.500. The molecule has 1 aliphatic heterocycles. The van der Waals surface area contributed by atoms with E-state index in [2.05, 4.69) is 15.5 Å². The summed E-state index contributed by atoms with van der Waals surface area (Å²) >= 11 is 0. The Hall–Kier alpha value is -2.46. The first-order valence-electron chi connectivity index (χ1n) is 9.03. The number of sulfonamides is 1. The Bertz CT molecular complexity index is 937. The van der Waals surface area contributed by atoms with E-state index in [1.807, 2.05) is 6.07 Å². The van der Waals surface area contributed by atoms with Crippen LogP contribution in [0.2, 0.25) is 0 Å². The van der Waals surface area contributed by atoms with Crippen LogP contribution in [-0.2, 0) is 21.4 Å². The lowest BCUT2D eigenvalue weighted by molar-refractivity contribution is -0.126. The van der Waals surface area contributed by atoms with Crippen LogP contribution in [0.1, 0.15) is 29.9 Å². The van der Waals surface area contributed by atoms with Gasteiger partial charge >= 0.3 is 0 Å². The number of amides is 1. The first-order valence-corrected chi connectivity index (χ1v) is 10.5. The number of hydrogen-bond acceptors (Lipinski definition) is 7. The highest BCUT2D eigenvalue weighted by molar-refractivity contribution is 7.89. The highest BCUT2D eigenvalue weighted by Gasteiger charge is 2.36. The van der Waals surface area contributed by atoms with E-state index in [9.17, 15) is 13.2 Å². The van der Waals surface area contributed by atoms with Crippen LogP contribution in [-0.4, -0.2) is 49.0 Å². The van der Waals surface area contributed by atoms with Crippen LogP contribution in [0.4, 0.5) is 0 Å². The maximum atomic E-state index is 13.0. The molecule has 152 valence electrons. The molecule has 1 amide bonds. The SMILES string of the molecule is COc1ncccc1CNC(=O)C1CCCN(S(=O)(=O)c2c(C)noc2C)C1. The second-order valence-electron chi connectivity index (χ2n) is 6.75. The van der Waals surface area contributed by atoms with E-state index in [1.54, 1.807) is 26.1 Å². The Labute approximate surface area is 164 Å². The minimum absolute atomic E-state index is 0.0913. The number of ether oxygens (including phenoxy) is 1. The molecule has 1 N–H and O–H groups in total. The molecule has 9 nitrogen and oxygen atoms in total. The molecule has 1 saturated heterocycles. The van der Waals surface area contributed by atoms with Gasteiger partial charge < -0.3 is 14.6 Å². The van der Waals surface area contributed by atoms with Gasteiger partial charge in [0.05, 0.1) is 13.0 Å². The summed E-state index contributed by atoms with van der Waals surface area (Å²) in [5.41, 5.74) is 1.09. The minimum atomic E-state index is -3.76. The molecule has 0 saturated carbocycles. The van der Waals surface area contributed by atoms with E-state index < -0.39 is 15.9 Å². The molecular weight excluding hydrogens is 384 g/mol. The Morgan fingerprint density at radius 1 is 1.43 bits per heavy atom. The van der Waals surface area contributed by atoms with Crippen molar-refractivity contribution in [2.75, 3.05) is 20.2 Å². The summed E-state index contributed by atoms with van der Waals surface area (Å²) in [6.45, 7) is 3.93. The molecule has 28 heavy (non-hydrogen) atoms. The highest BCUT2D eigenvalue weighted by atomic mass is 32.2. The fourth-order valence-electron chi connectivity index (χ4n) is 3.42. The maximum absolute atomic E-state index is 13.0. The smallest absolute Gasteiger partial charge is 0.248 e. The van der Waals surface area contributed by atoms with Crippen LogP contribution >= 0.6 is 0 Å². The predicted molar refractivity (Wildman–Crippen MR) is 100 cm³/mol. The Kier molecular flexibility index (Phi) is 5.99. The van der Waals surface area contributed by atoms with Crippen molar-refractivity contribution in [2.24, 2.45) is 5.92 Å². The zero-order valence-electron chi connectivity index (χ0n) is 16.1. The lowest BCUT2D eigenvalue weighted by Crippen LogP contribution is -2.45. The van der Waals surface area contributed by atoms with E-state index in [0.717, 1.165) is 5.56 Å². The molecule has 1 fully saturated rings. The molecule has 0 radical (unpaired) electrons. The van der Waals surface area contributed by atoms with Gasteiger partial charge in [-0.05, 0) is 32.8 Å². The normalized spacial score (nSPS) is 18.0. The van der Waals surface area contributed by atoms with E-state index >= 15 is 0 Å². The van der Waals surface area contributed by atoms with Gasteiger partial charge in [0.25, 0.3) is 0 Å². The largest absolute Gasteiger partial charge is 0.481 e. The topological polar surface area (TPSA) is 115 Å². The third-order valence-corrected chi connectivity index (χ3v) is 6.93. The summed E-state index contributed by atoms with van der Waals surface area (Å²) in [6.07, 6.45) is 2.85. The molecule has 3 rings (SSSR count). The van der Waals surface area contributed by atoms with E-state index in [-0.39, 0.29) is 29.7 Å². The van der Waals surface area contributed by atoms with Crippen molar-refractivity contribution in [1.29, 1.82) is 0 Å². The third kappa shape index (κ3) is 4.02. The zero-order valence-corrected chi connectivity index (χ0v) is 17.0. The number of pyridine rings is 1. The van der Waals surface area contributed by atoms with Crippen LogP contribution in [0, 0.1) is 19.8 Å². The summed E-state index contributed by atoms with van der Waals surface area (Å²) in [5, 5.41) is 6.59. The van der Waals surface area contributed by atoms with Gasteiger partial charge in [0.2, 0.25) is 21.8 Å². The third-order valence-electron chi connectivity index (χ3n) is 4.82. The van der Waals surface area contributed by atoms with Crippen molar-refractivity contribution in [1.82, 2.24) is 19.8 Å².